The smallest absolute Gasteiger partial charge is 0.291 e. The zero-order valence-corrected chi connectivity index (χ0v) is 15.6. The molecule has 3 aromatic rings. The molecule has 2 aromatic carbocycles. The molecule has 140 valence electrons. The Kier molecular flexibility index (Phi) is 3.32. The molecule has 0 saturated carbocycles. The summed E-state index contributed by atoms with van der Waals surface area (Å²) in [6, 6.07) is 14.2. The molecule has 1 spiro atoms. The zero-order valence-electron chi connectivity index (χ0n) is 15.6. The molecule has 6 nitrogen and oxygen atoms in total. The van der Waals surface area contributed by atoms with Crippen molar-refractivity contribution in [2.45, 2.75) is 19.4 Å². The molecule has 2 amide bonds. The number of para-hydroxylation sites is 2. The van der Waals surface area contributed by atoms with E-state index in [0.29, 0.717) is 23.1 Å². The average molecular weight is 374 g/mol. The van der Waals surface area contributed by atoms with Crippen LogP contribution in [0, 0.1) is 0 Å². The molecular weight excluding hydrogens is 356 g/mol. The van der Waals surface area contributed by atoms with Gasteiger partial charge in [-0.2, -0.15) is 0 Å². The molecule has 0 radical (unpaired) electrons. The van der Waals surface area contributed by atoms with Gasteiger partial charge in [0.1, 0.15) is 5.58 Å². The highest BCUT2D eigenvalue weighted by Gasteiger charge is 2.64. The van der Waals surface area contributed by atoms with Crippen molar-refractivity contribution < 1.29 is 14.0 Å². The first-order valence-electron chi connectivity index (χ1n) is 9.37. The molecule has 0 fully saturated rings. The third-order valence-electron chi connectivity index (χ3n) is 5.78. The standard InChI is InChI=1S/C22H18N2O4/c1-3-23-15-11-7-6-10-14(15)22(21(23)27)17-18(25)13-9-5-8-12-16(13)28-19(17)20(26)24(22)4-2/h5-12H,3-4H2,1-2H3. The van der Waals surface area contributed by atoms with Crippen LogP contribution < -0.4 is 10.3 Å². The molecular formula is C22H18N2O4. The van der Waals surface area contributed by atoms with Crippen LogP contribution in [-0.4, -0.2) is 29.8 Å². The van der Waals surface area contributed by atoms with Crippen LogP contribution in [0.1, 0.15) is 35.5 Å². The summed E-state index contributed by atoms with van der Waals surface area (Å²) in [5.74, 6) is -0.749. The number of hydrogen-bond donors (Lipinski definition) is 0. The lowest BCUT2D eigenvalue weighted by Gasteiger charge is -2.33. The van der Waals surface area contributed by atoms with E-state index < -0.39 is 11.4 Å². The van der Waals surface area contributed by atoms with Gasteiger partial charge in [0.05, 0.1) is 16.6 Å². The Balaban J connectivity index is 1.97. The van der Waals surface area contributed by atoms with Crippen LogP contribution in [0.25, 0.3) is 11.0 Å². The summed E-state index contributed by atoms with van der Waals surface area (Å²) < 4.78 is 5.89. The molecule has 6 heteroatoms. The SMILES string of the molecule is CCN1C(=O)C2(c3ccccc31)c1c(oc3ccccc3c1=O)C(=O)N2CC. The van der Waals surface area contributed by atoms with Gasteiger partial charge < -0.3 is 14.2 Å². The van der Waals surface area contributed by atoms with Crippen molar-refractivity contribution in [3.05, 3.63) is 75.6 Å². The summed E-state index contributed by atoms with van der Waals surface area (Å²) in [6.45, 7) is 4.40. The van der Waals surface area contributed by atoms with E-state index in [9.17, 15) is 14.4 Å². The highest BCUT2D eigenvalue weighted by atomic mass is 16.3. The van der Waals surface area contributed by atoms with Crippen LogP contribution >= 0.6 is 0 Å². The minimum atomic E-state index is -1.47. The van der Waals surface area contributed by atoms with Crippen LogP contribution in [0.4, 0.5) is 5.69 Å². The predicted octanol–water partition coefficient (Wildman–Crippen LogP) is 2.88. The lowest BCUT2D eigenvalue weighted by atomic mass is 9.84. The van der Waals surface area contributed by atoms with Gasteiger partial charge in [-0.1, -0.05) is 30.3 Å². The van der Waals surface area contributed by atoms with Crippen LogP contribution in [0.5, 0.6) is 0 Å². The van der Waals surface area contributed by atoms with Gasteiger partial charge in [-0.25, -0.2) is 0 Å². The van der Waals surface area contributed by atoms with E-state index in [4.69, 9.17) is 4.42 Å². The van der Waals surface area contributed by atoms with Gasteiger partial charge in [-0.05, 0) is 32.0 Å². The molecule has 1 atom stereocenters. The van der Waals surface area contributed by atoms with Crippen LogP contribution in [0.15, 0.2) is 57.7 Å². The van der Waals surface area contributed by atoms with E-state index in [-0.39, 0.29) is 29.2 Å². The summed E-state index contributed by atoms with van der Waals surface area (Å²) in [5.41, 5.74) is 0.0470. The maximum Gasteiger partial charge on any atom is 0.291 e. The van der Waals surface area contributed by atoms with Crippen molar-refractivity contribution in [1.82, 2.24) is 4.90 Å². The molecule has 0 N–H and O–H groups in total. The minimum Gasteiger partial charge on any atom is -0.450 e. The lowest BCUT2D eigenvalue weighted by Crippen LogP contribution is -2.53. The van der Waals surface area contributed by atoms with Crippen LogP contribution in [-0.2, 0) is 10.3 Å². The molecule has 0 aliphatic carbocycles. The number of carbonyl (C=O) groups excluding carboxylic acids is 2. The second-order valence-electron chi connectivity index (χ2n) is 6.96. The fraction of sp³-hybridized carbons (Fsp3) is 0.227. The number of nitrogens with zero attached hydrogens (tertiary/aromatic N) is 2. The number of rotatable bonds is 2. The highest BCUT2D eigenvalue weighted by Crippen LogP contribution is 2.52. The summed E-state index contributed by atoms with van der Waals surface area (Å²) in [6.07, 6.45) is 0. The van der Waals surface area contributed by atoms with E-state index in [0.717, 1.165) is 5.69 Å². The first-order valence-corrected chi connectivity index (χ1v) is 9.37. The second-order valence-corrected chi connectivity index (χ2v) is 6.96. The van der Waals surface area contributed by atoms with Gasteiger partial charge >= 0.3 is 0 Å². The number of amides is 2. The Hall–Kier alpha value is -3.41. The van der Waals surface area contributed by atoms with Crippen molar-refractivity contribution in [1.29, 1.82) is 0 Å². The normalized spacial score (nSPS) is 20.4. The van der Waals surface area contributed by atoms with Crippen molar-refractivity contribution in [2.75, 3.05) is 18.0 Å². The van der Waals surface area contributed by atoms with Gasteiger partial charge in [0.15, 0.2) is 11.0 Å². The van der Waals surface area contributed by atoms with E-state index in [1.807, 2.05) is 31.2 Å². The molecule has 0 bridgehead atoms. The van der Waals surface area contributed by atoms with Crippen molar-refractivity contribution in [2.24, 2.45) is 0 Å². The lowest BCUT2D eigenvalue weighted by molar-refractivity contribution is -0.125. The topological polar surface area (TPSA) is 70.8 Å². The molecule has 5 rings (SSSR count). The maximum absolute atomic E-state index is 13.7. The number of likely N-dealkylation sites (N-methyl/N-ethyl adjacent to an activating group) is 2. The number of hydrogen-bond acceptors (Lipinski definition) is 4. The molecule has 0 saturated heterocycles. The van der Waals surface area contributed by atoms with Crippen LogP contribution in [0.2, 0.25) is 0 Å². The van der Waals surface area contributed by atoms with Gasteiger partial charge in [0.2, 0.25) is 5.76 Å². The largest absolute Gasteiger partial charge is 0.450 e. The van der Waals surface area contributed by atoms with Crippen molar-refractivity contribution in [3.63, 3.8) is 0 Å². The number of fused-ring (bicyclic) bond motifs is 5. The van der Waals surface area contributed by atoms with Gasteiger partial charge in [0, 0.05) is 18.7 Å². The fourth-order valence-electron chi connectivity index (χ4n) is 4.66. The third-order valence-corrected chi connectivity index (χ3v) is 5.78. The third kappa shape index (κ3) is 1.70. The van der Waals surface area contributed by atoms with Crippen molar-refractivity contribution >= 4 is 28.5 Å². The summed E-state index contributed by atoms with van der Waals surface area (Å²) in [7, 11) is 0. The molecule has 1 aromatic heterocycles. The average Bonchev–Trinajstić information content (AvgIpc) is 3.12. The van der Waals surface area contributed by atoms with Gasteiger partial charge in [-0.3, -0.25) is 14.4 Å². The Morgan fingerprint density at radius 1 is 0.929 bits per heavy atom. The summed E-state index contributed by atoms with van der Waals surface area (Å²) in [5, 5.41) is 0.367. The van der Waals surface area contributed by atoms with Gasteiger partial charge in [0.25, 0.3) is 11.8 Å². The fourth-order valence-corrected chi connectivity index (χ4v) is 4.66. The number of carbonyl (C=O) groups is 2. The Morgan fingerprint density at radius 3 is 2.39 bits per heavy atom. The van der Waals surface area contributed by atoms with E-state index >= 15 is 0 Å². The predicted molar refractivity (Wildman–Crippen MR) is 104 cm³/mol. The minimum absolute atomic E-state index is 0.0355. The molecule has 28 heavy (non-hydrogen) atoms. The molecule has 2 aliphatic heterocycles. The van der Waals surface area contributed by atoms with E-state index in [1.54, 1.807) is 36.1 Å². The quantitative estimate of drug-likeness (QED) is 0.692. The monoisotopic (exact) mass is 374 g/mol. The molecule has 1 unspecified atom stereocenters. The number of anilines is 1. The van der Waals surface area contributed by atoms with Crippen LogP contribution in [0.3, 0.4) is 0 Å². The zero-order chi connectivity index (χ0) is 19.6. The Morgan fingerprint density at radius 2 is 1.64 bits per heavy atom. The first-order chi connectivity index (χ1) is 13.6. The highest BCUT2D eigenvalue weighted by molar-refractivity contribution is 6.17. The van der Waals surface area contributed by atoms with Crippen molar-refractivity contribution in [3.8, 4) is 0 Å². The Bertz CT molecular complexity index is 1230. The van der Waals surface area contributed by atoms with E-state index in [2.05, 4.69) is 0 Å². The second kappa shape index (κ2) is 5.55. The Labute approximate surface area is 161 Å². The number of benzene rings is 2. The summed E-state index contributed by atoms with van der Waals surface area (Å²) >= 11 is 0. The first kappa shape index (κ1) is 16.7. The molecule has 2 aliphatic rings. The van der Waals surface area contributed by atoms with Gasteiger partial charge in [-0.15, -0.1) is 0 Å². The van der Waals surface area contributed by atoms with E-state index in [1.165, 1.54) is 4.90 Å². The molecule has 3 heterocycles. The summed E-state index contributed by atoms with van der Waals surface area (Å²) in [4.78, 5) is 43.6. The maximum atomic E-state index is 13.7.